The van der Waals surface area contributed by atoms with Crippen molar-refractivity contribution in [3.05, 3.63) is 0 Å². The topological polar surface area (TPSA) is 52.9 Å². The quantitative estimate of drug-likeness (QED) is 0.644. The van der Waals surface area contributed by atoms with E-state index < -0.39 is 5.41 Å². The lowest BCUT2D eigenvalue weighted by molar-refractivity contribution is -0.126. The maximum Gasteiger partial charge on any atom is 0.239 e. The van der Waals surface area contributed by atoms with Gasteiger partial charge in [0.05, 0.1) is 6.07 Å². The van der Waals surface area contributed by atoms with Crippen LogP contribution in [0.25, 0.3) is 0 Å². The third-order valence-electron chi connectivity index (χ3n) is 2.66. The van der Waals surface area contributed by atoms with Gasteiger partial charge in [0.2, 0.25) is 5.91 Å². The SMILES string of the molecule is CCCCCCCCNC(=O)C(C)(C)C#N. The van der Waals surface area contributed by atoms with Crippen molar-refractivity contribution < 1.29 is 4.79 Å². The van der Waals surface area contributed by atoms with E-state index in [0.717, 1.165) is 12.8 Å². The molecule has 0 aliphatic carbocycles. The van der Waals surface area contributed by atoms with Crippen LogP contribution in [0.3, 0.4) is 0 Å². The number of nitriles is 1. The molecule has 1 amide bonds. The first-order valence-corrected chi connectivity index (χ1v) is 6.24. The van der Waals surface area contributed by atoms with E-state index >= 15 is 0 Å². The van der Waals surface area contributed by atoms with Gasteiger partial charge in [0.25, 0.3) is 0 Å². The molecule has 0 rings (SSSR count). The Kier molecular flexibility index (Phi) is 7.62. The van der Waals surface area contributed by atoms with Crippen molar-refractivity contribution in [3.8, 4) is 6.07 Å². The zero-order valence-electron chi connectivity index (χ0n) is 10.8. The van der Waals surface area contributed by atoms with Crippen molar-refractivity contribution in [2.45, 2.75) is 59.3 Å². The van der Waals surface area contributed by atoms with Crippen LogP contribution in [0.2, 0.25) is 0 Å². The number of nitrogens with zero attached hydrogens (tertiary/aromatic N) is 1. The van der Waals surface area contributed by atoms with E-state index in [-0.39, 0.29) is 5.91 Å². The molecule has 0 aliphatic rings. The first-order valence-electron chi connectivity index (χ1n) is 6.24. The number of unbranched alkanes of at least 4 members (excludes halogenated alkanes) is 5. The minimum atomic E-state index is -0.901. The van der Waals surface area contributed by atoms with Gasteiger partial charge in [-0.15, -0.1) is 0 Å². The lowest BCUT2D eigenvalue weighted by atomic mass is 9.95. The molecule has 0 fully saturated rings. The molecule has 0 radical (unpaired) electrons. The summed E-state index contributed by atoms with van der Waals surface area (Å²) < 4.78 is 0. The lowest BCUT2D eigenvalue weighted by Crippen LogP contribution is -2.36. The normalized spacial score (nSPS) is 10.9. The first kappa shape index (κ1) is 15.0. The highest BCUT2D eigenvalue weighted by atomic mass is 16.2. The van der Waals surface area contributed by atoms with Gasteiger partial charge >= 0.3 is 0 Å². The summed E-state index contributed by atoms with van der Waals surface area (Å²) in [4.78, 5) is 11.5. The molecule has 3 heteroatoms. The maximum atomic E-state index is 11.5. The van der Waals surface area contributed by atoms with Gasteiger partial charge in [-0.2, -0.15) is 5.26 Å². The summed E-state index contributed by atoms with van der Waals surface area (Å²) in [5, 5.41) is 11.6. The summed E-state index contributed by atoms with van der Waals surface area (Å²) in [7, 11) is 0. The Morgan fingerprint density at radius 3 is 2.31 bits per heavy atom. The summed E-state index contributed by atoms with van der Waals surface area (Å²) in [6.07, 6.45) is 7.25. The van der Waals surface area contributed by atoms with Crippen molar-refractivity contribution >= 4 is 5.91 Å². The van der Waals surface area contributed by atoms with Crippen LogP contribution < -0.4 is 5.32 Å². The van der Waals surface area contributed by atoms with Gasteiger partial charge in [-0.25, -0.2) is 0 Å². The van der Waals surface area contributed by atoms with Gasteiger partial charge in [0.1, 0.15) is 5.41 Å². The van der Waals surface area contributed by atoms with Crippen molar-refractivity contribution in [2.24, 2.45) is 5.41 Å². The third-order valence-corrected chi connectivity index (χ3v) is 2.66. The minimum Gasteiger partial charge on any atom is -0.355 e. The molecule has 0 saturated heterocycles. The van der Waals surface area contributed by atoms with Gasteiger partial charge in [0, 0.05) is 6.54 Å². The number of hydrogen-bond donors (Lipinski definition) is 1. The summed E-state index contributed by atoms with van der Waals surface area (Å²) >= 11 is 0. The molecule has 92 valence electrons. The molecular weight excluding hydrogens is 200 g/mol. The Hall–Kier alpha value is -1.04. The first-order chi connectivity index (χ1) is 7.54. The van der Waals surface area contributed by atoms with E-state index in [2.05, 4.69) is 12.2 Å². The highest BCUT2D eigenvalue weighted by Gasteiger charge is 2.26. The Morgan fingerprint density at radius 2 is 1.75 bits per heavy atom. The van der Waals surface area contributed by atoms with Crippen LogP contribution in [0.4, 0.5) is 0 Å². The maximum absolute atomic E-state index is 11.5. The van der Waals surface area contributed by atoms with Gasteiger partial charge in [-0.1, -0.05) is 39.0 Å². The molecule has 16 heavy (non-hydrogen) atoms. The predicted octanol–water partition coefficient (Wildman–Crippen LogP) is 3.01. The summed E-state index contributed by atoms with van der Waals surface area (Å²) in [5.41, 5.74) is -0.901. The van der Waals surface area contributed by atoms with Crippen LogP contribution in [0.5, 0.6) is 0 Å². The van der Waals surface area contributed by atoms with E-state index in [4.69, 9.17) is 5.26 Å². The lowest BCUT2D eigenvalue weighted by Gasteiger charge is -2.14. The zero-order chi connectivity index (χ0) is 12.4. The van der Waals surface area contributed by atoms with Gasteiger partial charge < -0.3 is 5.32 Å². The molecule has 0 heterocycles. The molecule has 0 spiro atoms. The summed E-state index contributed by atoms with van der Waals surface area (Å²) in [6.45, 7) is 6.17. The number of nitrogens with one attached hydrogen (secondary N) is 1. The van der Waals surface area contributed by atoms with Crippen molar-refractivity contribution in [3.63, 3.8) is 0 Å². The number of carbonyl (C=O) groups is 1. The van der Waals surface area contributed by atoms with Crippen molar-refractivity contribution in [1.29, 1.82) is 5.26 Å². The van der Waals surface area contributed by atoms with E-state index in [0.29, 0.717) is 6.54 Å². The number of rotatable bonds is 8. The largest absolute Gasteiger partial charge is 0.355 e. The van der Waals surface area contributed by atoms with E-state index in [1.807, 2.05) is 6.07 Å². The molecule has 0 aliphatic heterocycles. The molecule has 1 N–H and O–H groups in total. The fourth-order valence-electron chi connectivity index (χ4n) is 1.38. The second-order valence-corrected chi connectivity index (χ2v) is 4.76. The molecular formula is C13H24N2O. The summed E-state index contributed by atoms with van der Waals surface area (Å²) in [5.74, 6) is -0.163. The smallest absolute Gasteiger partial charge is 0.239 e. The molecule has 0 aromatic heterocycles. The van der Waals surface area contributed by atoms with Crippen LogP contribution in [0.1, 0.15) is 59.3 Å². The highest BCUT2D eigenvalue weighted by molar-refractivity contribution is 5.84. The fourth-order valence-corrected chi connectivity index (χ4v) is 1.38. The predicted molar refractivity (Wildman–Crippen MR) is 65.8 cm³/mol. The molecule has 0 bridgehead atoms. The molecule has 0 atom stereocenters. The number of carbonyl (C=O) groups excluding carboxylic acids is 1. The fraction of sp³-hybridized carbons (Fsp3) is 0.846. The molecule has 0 saturated carbocycles. The standard InChI is InChI=1S/C13H24N2O/c1-4-5-6-7-8-9-10-15-12(16)13(2,3)11-14/h4-10H2,1-3H3,(H,15,16). The zero-order valence-corrected chi connectivity index (χ0v) is 10.8. The Morgan fingerprint density at radius 1 is 1.19 bits per heavy atom. The second-order valence-electron chi connectivity index (χ2n) is 4.76. The Labute approximate surface area is 99.2 Å². The van der Waals surface area contributed by atoms with Crippen LogP contribution in [-0.4, -0.2) is 12.5 Å². The minimum absolute atomic E-state index is 0.163. The van der Waals surface area contributed by atoms with E-state index in [9.17, 15) is 4.79 Å². The highest BCUT2D eigenvalue weighted by Crippen LogP contribution is 2.12. The molecule has 3 nitrogen and oxygen atoms in total. The second kappa shape index (κ2) is 8.15. The number of amides is 1. The number of hydrogen-bond acceptors (Lipinski definition) is 2. The molecule has 0 unspecified atom stereocenters. The van der Waals surface area contributed by atoms with Crippen molar-refractivity contribution in [1.82, 2.24) is 5.32 Å². The third kappa shape index (κ3) is 6.44. The van der Waals surface area contributed by atoms with Crippen LogP contribution in [0.15, 0.2) is 0 Å². The van der Waals surface area contributed by atoms with E-state index in [1.165, 1.54) is 25.7 Å². The van der Waals surface area contributed by atoms with Crippen LogP contribution in [0, 0.1) is 16.7 Å². The van der Waals surface area contributed by atoms with Crippen molar-refractivity contribution in [2.75, 3.05) is 6.54 Å². The molecule has 0 aromatic carbocycles. The Balaban J connectivity index is 3.46. The monoisotopic (exact) mass is 224 g/mol. The molecule has 0 aromatic rings. The average molecular weight is 224 g/mol. The van der Waals surface area contributed by atoms with Crippen LogP contribution >= 0.6 is 0 Å². The average Bonchev–Trinajstić information content (AvgIpc) is 2.27. The van der Waals surface area contributed by atoms with E-state index in [1.54, 1.807) is 13.8 Å². The Bertz CT molecular complexity index is 241. The van der Waals surface area contributed by atoms with Gasteiger partial charge in [0.15, 0.2) is 0 Å². The summed E-state index contributed by atoms with van der Waals surface area (Å²) in [6, 6.07) is 2.00. The van der Waals surface area contributed by atoms with Gasteiger partial charge in [-0.05, 0) is 20.3 Å². The van der Waals surface area contributed by atoms with Crippen LogP contribution in [-0.2, 0) is 4.79 Å². The van der Waals surface area contributed by atoms with Gasteiger partial charge in [-0.3, -0.25) is 4.79 Å².